The largest absolute Gasteiger partial charge is 0.329 e. The van der Waals surface area contributed by atoms with E-state index in [-0.39, 0.29) is 5.54 Å². The first-order chi connectivity index (χ1) is 8.84. The summed E-state index contributed by atoms with van der Waals surface area (Å²) in [5.41, 5.74) is 10.5. The maximum Gasteiger partial charge on any atom is 0.0455 e. The van der Waals surface area contributed by atoms with Crippen LogP contribution in [0.15, 0.2) is 0 Å². The monoisotopic (exact) mass is 268 g/mol. The number of hydrogen-bond acceptors (Lipinski definition) is 4. The number of hydrazine groups is 1. The first-order valence-electron chi connectivity index (χ1n) is 7.76. The predicted molar refractivity (Wildman–Crippen MR) is 80.8 cm³/mol. The van der Waals surface area contributed by atoms with E-state index in [4.69, 9.17) is 5.73 Å². The smallest absolute Gasteiger partial charge is 0.0455 e. The quantitative estimate of drug-likeness (QED) is 0.809. The minimum Gasteiger partial charge on any atom is -0.329 e. The van der Waals surface area contributed by atoms with Gasteiger partial charge < -0.3 is 10.6 Å². The molecular formula is C15H32N4. The van der Waals surface area contributed by atoms with Crippen molar-refractivity contribution in [2.24, 2.45) is 17.1 Å². The summed E-state index contributed by atoms with van der Waals surface area (Å²) in [5.74, 6) is 0.757. The zero-order valence-corrected chi connectivity index (χ0v) is 13.2. The Morgan fingerprint density at radius 3 is 2.32 bits per heavy atom. The van der Waals surface area contributed by atoms with Crippen LogP contribution in [0.25, 0.3) is 0 Å². The van der Waals surface area contributed by atoms with Crippen LogP contribution in [0.5, 0.6) is 0 Å². The van der Waals surface area contributed by atoms with Crippen LogP contribution in [0.3, 0.4) is 0 Å². The molecule has 2 unspecified atom stereocenters. The van der Waals surface area contributed by atoms with Crippen molar-refractivity contribution in [2.45, 2.75) is 45.6 Å². The van der Waals surface area contributed by atoms with Crippen molar-refractivity contribution in [1.82, 2.24) is 15.3 Å². The Balaban J connectivity index is 2.01. The van der Waals surface area contributed by atoms with E-state index in [1.165, 1.54) is 19.3 Å². The molecule has 112 valence electrons. The van der Waals surface area contributed by atoms with Crippen molar-refractivity contribution in [3.63, 3.8) is 0 Å². The molecule has 0 spiro atoms. The van der Waals surface area contributed by atoms with Crippen molar-refractivity contribution in [2.75, 3.05) is 39.8 Å². The van der Waals surface area contributed by atoms with Crippen LogP contribution in [0, 0.1) is 11.3 Å². The van der Waals surface area contributed by atoms with E-state index in [1.54, 1.807) is 0 Å². The molecule has 3 N–H and O–H groups in total. The summed E-state index contributed by atoms with van der Waals surface area (Å²) in [6.07, 6.45) is 3.71. The zero-order valence-electron chi connectivity index (χ0n) is 13.2. The molecule has 1 saturated heterocycles. The van der Waals surface area contributed by atoms with Crippen LogP contribution in [0.4, 0.5) is 0 Å². The molecule has 4 heteroatoms. The normalized spacial score (nSPS) is 37.4. The van der Waals surface area contributed by atoms with Gasteiger partial charge in [0.2, 0.25) is 0 Å². The van der Waals surface area contributed by atoms with Gasteiger partial charge in [-0.1, -0.05) is 20.8 Å². The van der Waals surface area contributed by atoms with Crippen LogP contribution in [-0.2, 0) is 0 Å². The Hall–Kier alpha value is -0.160. The molecule has 2 fully saturated rings. The second-order valence-electron chi connectivity index (χ2n) is 7.74. The number of piperazine rings is 1. The minimum absolute atomic E-state index is 0.108. The number of rotatable bonds is 3. The summed E-state index contributed by atoms with van der Waals surface area (Å²) < 4.78 is 0. The second-order valence-corrected chi connectivity index (χ2v) is 7.74. The van der Waals surface area contributed by atoms with Crippen LogP contribution < -0.4 is 11.2 Å². The molecule has 0 bridgehead atoms. The number of likely N-dealkylation sites (N-methyl/N-ethyl adjacent to an activating group) is 1. The van der Waals surface area contributed by atoms with Crippen LogP contribution in [0.2, 0.25) is 0 Å². The molecule has 1 aliphatic carbocycles. The molecule has 2 rings (SSSR count). The summed E-state index contributed by atoms with van der Waals surface area (Å²) in [6.45, 7) is 12.4. The van der Waals surface area contributed by atoms with Crippen molar-refractivity contribution in [3.8, 4) is 0 Å². The Bertz CT molecular complexity index is 297. The molecule has 0 aromatic carbocycles. The lowest BCUT2D eigenvalue weighted by Gasteiger charge is -2.50. The Kier molecular flexibility index (Phi) is 4.56. The van der Waals surface area contributed by atoms with Gasteiger partial charge in [0, 0.05) is 38.3 Å². The minimum atomic E-state index is 0.108. The Labute approximate surface area is 118 Å². The van der Waals surface area contributed by atoms with Crippen molar-refractivity contribution >= 4 is 0 Å². The number of nitrogens with one attached hydrogen (secondary N) is 1. The van der Waals surface area contributed by atoms with Gasteiger partial charge in [-0.15, -0.1) is 0 Å². The number of nitrogens with zero attached hydrogens (tertiary/aromatic N) is 2. The zero-order chi connectivity index (χ0) is 14.1. The third kappa shape index (κ3) is 3.91. The fourth-order valence-corrected chi connectivity index (χ4v) is 4.28. The lowest BCUT2D eigenvalue weighted by molar-refractivity contribution is -0.00124. The summed E-state index contributed by atoms with van der Waals surface area (Å²) in [6, 6.07) is 0. The second kappa shape index (κ2) is 5.68. The van der Waals surface area contributed by atoms with Crippen molar-refractivity contribution in [1.29, 1.82) is 0 Å². The van der Waals surface area contributed by atoms with E-state index in [0.717, 1.165) is 38.6 Å². The average Bonchev–Trinajstić information content (AvgIpc) is 2.29. The van der Waals surface area contributed by atoms with Gasteiger partial charge in [0.15, 0.2) is 0 Å². The third-order valence-electron chi connectivity index (χ3n) is 4.75. The SMILES string of the molecule is CC1CC(C)(C)CC(CN)(NN2CCN(C)CC2)C1. The average molecular weight is 268 g/mol. The van der Waals surface area contributed by atoms with Gasteiger partial charge in [-0.3, -0.25) is 0 Å². The van der Waals surface area contributed by atoms with Crippen LogP contribution >= 0.6 is 0 Å². The molecule has 19 heavy (non-hydrogen) atoms. The summed E-state index contributed by atoms with van der Waals surface area (Å²) in [7, 11) is 2.20. The van der Waals surface area contributed by atoms with Gasteiger partial charge in [-0.25, -0.2) is 10.4 Å². The maximum absolute atomic E-state index is 6.17. The fraction of sp³-hybridized carbons (Fsp3) is 1.00. The Morgan fingerprint density at radius 2 is 1.79 bits per heavy atom. The van der Waals surface area contributed by atoms with E-state index >= 15 is 0 Å². The topological polar surface area (TPSA) is 44.5 Å². The fourth-order valence-electron chi connectivity index (χ4n) is 4.28. The highest BCUT2D eigenvalue weighted by atomic mass is 15.5. The molecule has 2 atom stereocenters. The predicted octanol–water partition coefficient (Wildman–Crippen LogP) is 1.28. The number of nitrogens with two attached hydrogens (primary N) is 1. The van der Waals surface area contributed by atoms with Gasteiger partial charge in [0.05, 0.1) is 0 Å². The van der Waals surface area contributed by atoms with Gasteiger partial charge in [0.1, 0.15) is 0 Å². The molecule has 1 saturated carbocycles. The van der Waals surface area contributed by atoms with Gasteiger partial charge in [-0.05, 0) is 37.6 Å². The molecule has 0 aromatic rings. The molecule has 0 amide bonds. The van der Waals surface area contributed by atoms with Crippen LogP contribution in [-0.4, -0.2) is 55.2 Å². The maximum atomic E-state index is 6.17. The van der Waals surface area contributed by atoms with E-state index in [2.05, 4.69) is 43.2 Å². The standard InChI is InChI=1S/C15H32N4/c1-13-9-14(2,3)11-15(10-13,12-16)17-19-7-5-18(4)6-8-19/h13,17H,5-12,16H2,1-4H3. The first kappa shape index (κ1) is 15.2. The summed E-state index contributed by atoms with van der Waals surface area (Å²) in [4.78, 5) is 2.39. The van der Waals surface area contributed by atoms with E-state index < -0.39 is 0 Å². The van der Waals surface area contributed by atoms with Crippen molar-refractivity contribution in [3.05, 3.63) is 0 Å². The van der Waals surface area contributed by atoms with E-state index in [0.29, 0.717) is 5.41 Å². The number of hydrogen-bond donors (Lipinski definition) is 2. The van der Waals surface area contributed by atoms with Gasteiger partial charge >= 0.3 is 0 Å². The molecule has 1 aliphatic heterocycles. The third-order valence-corrected chi connectivity index (χ3v) is 4.75. The van der Waals surface area contributed by atoms with E-state index in [9.17, 15) is 0 Å². The Morgan fingerprint density at radius 1 is 1.16 bits per heavy atom. The van der Waals surface area contributed by atoms with Crippen LogP contribution in [0.1, 0.15) is 40.0 Å². The first-order valence-corrected chi connectivity index (χ1v) is 7.76. The highest BCUT2D eigenvalue weighted by molar-refractivity contribution is 4.99. The molecule has 1 heterocycles. The molecule has 2 aliphatic rings. The summed E-state index contributed by atoms with van der Waals surface area (Å²) >= 11 is 0. The molecule has 0 radical (unpaired) electrons. The molecular weight excluding hydrogens is 236 g/mol. The molecule has 0 aromatic heterocycles. The lowest BCUT2D eigenvalue weighted by Crippen LogP contribution is -2.64. The van der Waals surface area contributed by atoms with Crippen molar-refractivity contribution < 1.29 is 0 Å². The van der Waals surface area contributed by atoms with Gasteiger partial charge in [-0.2, -0.15) is 0 Å². The highest BCUT2D eigenvalue weighted by Gasteiger charge is 2.43. The lowest BCUT2D eigenvalue weighted by atomic mass is 9.64. The highest BCUT2D eigenvalue weighted by Crippen LogP contribution is 2.43. The van der Waals surface area contributed by atoms with E-state index in [1.807, 2.05) is 0 Å². The summed E-state index contributed by atoms with van der Waals surface area (Å²) in [5, 5.41) is 2.40. The molecule has 4 nitrogen and oxygen atoms in total. The van der Waals surface area contributed by atoms with Gasteiger partial charge in [0.25, 0.3) is 0 Å².